The van der Waals surface area contributed by atoms with Gasteiger partial charge in [0.15, 0.2) is 6.10 Å². The highest BCUT2D eigenvalue weighted by atomic mass is 16.5. The zero-order valence-electron chi connectivity index (χ0n) is 22.5. The zero-order chi connectivity index (χ0) is 26.4. The third-order valence-electron chi connectivity index (χ3n) is 7.20. The molecule has 0 saturated carbocycles. The highest BCUT2D eigenvalue weighted by molar-refractivity contribution is 5.85. The first-order valence-corrected chi connectivity index (χ1v) is 12.6. The Morgan fingerprint density at radius 2 is 1.67 bits per heavy atom. The number of benzene rings is 2. The second-order valence-electron chi connectivity index (χ2n) is 11.1. The number of aliphatic carboxylic acids is 1. The van der Waals surface area contributed by atoms with Gasteiger partial charge in [0.25, 0.3) is 0 Å². The molecular weight excluding hydrogens is 456 g/mol. The van der Waals surface area contributed by atoms with Gasteiger partial charge in [-0.3, -0.25) is 0 Å². The number of carbonyl (C=O) groups excluding carboxylic acids is 1. The quantitative estimate of drug-likeness (QED) is 0.618. The van der Waals surface area contributed by atoms with Crippen LogP contribution in [0.2, 0.25) is 0 Å². The van der Waals surface area contributed by atoms with Gasteiger partial charge < -0.3 is 24.4 Å². The van der Waals surface area contributed by atoms with Crippen molar-refractivity contribution in [3.8, 4) is 11.1 Å². The number of aryl methyl sites for hydroxylation is 1. The van der Waals surface area contributed by atoms with E-state index in [4.69, 9.17) is 9.47 Å². The Bertz CT molecular complexity index is 1170. The number of hydrogen-bond donors (Lipinski definition) is 1. The lowest BCUT2D eigenvalue weighted by Crippen LogP contribution is -2.51. The second kappa shape index (κ2) is 9.87. The van der Waals surface area contributed by atoms with E-state index in [0.717, 1.165) is 38.9 Å². The molecule has 7 heteroatoms. The molecule has 0 aliphatic carbocycles. The summed E-state index contributed by atoms with van der Waals surface area (Å²) in [6.45, 7) is 16.3. The summed E-state index contributed by atoms with van der Waals surface area (Å²) >= 11 is 0. The molecule has 2 aromatic rings. The summed E-state index contributed by atoms with van der Waals surface area (Å²) in [5.74, 6) is -1.02. The third kappa shape index (κ3) is 5.00. The molecule has 1 saturated heterocycles. The fraction of sp³-hybridized carbons (Fsp3) is 0.517. The Balaban J connectivity index is 1.85. The Hall–Kier alpha value is -2.90. The maximum atomic E-state index is 13.5. The highest BCUT2D eigenvalue weighted by Crippen LogP contribution is 2.44. The lowest BCUT2D eigenvalue weighted by Gasteiger charge is -2.36. The average Bonchev–Trinajstić information content (AvgIpc) is 3.26. The maximum absolute atomic E-state index is 13.5. The molecule has 2 atom stereocenters. The van der Waals surface area contributed by atoms with E-state index in [1.165, 1.54) is 0 Å². The molecule has 2 aliphatic heterocycles. The largest absolute Gasteiger partial charge is 0.479 e. The SMILES string of the molecule is Cc1ccc(-c2c(C)c3c(c(C)c2[C@H](OC(C)(C)C)C(=O)O)CN(C(=O)N2CCOC[C@@H]2C)C3)cc1. The average molecular weight is 495 g/mol. The van der Waals surface area contributed by atoms with Crippen molar-refractivity contribution in [2.24, 2.45) is 0 Å². The molecule has 2 aromatic carbocycles. The van der Waals surface area contributed by atoms with Crippen LogP contribution in [0.3, 0.4) is 0 Å². The highest BCUT2D eigenvalue weighted by Gasteiger charge is 2.38. The molecule has 36 heavy (non-hydrogen) atoms. The van der Waals surface area contributed by atoms with E-state index >= 15 is 0 Å². The monoisotopic (exact) mass is 494 g/mol. The maximum Gasteiger partial charge on any atom is 0.337 e. The van der Waals surface area contributed by atoms with Crippen LogP contribution in [-0.4, -0.2) is 58.3 Å². The molecule has 0 bridgehead atoms. The first-order valence-electron chi connectivity index (χ1n) is 12.6. The standard InChI is InChI=1S/C29H38N2O5/c1-17-8-10-21(11-9-17)24-19(3)22-14-30(28(34)31-12-13-35-16-18(31)2)15-23(22)20(4)25(24)26(27(32)33)36-29(5,6)7/h8-11,18,26H,12-16H2,1-7H3,(H,32,33)/t18-,26-/m0/s1. The number of carboxylic acid groups (broad SMARTS) is 1. The molecule has 0 unspecified atom stereocenters. The summed E-state index contributed by atoms with van der Waals surface area (Å²) < 4.78 is 11.7. The Morgan fingerprint density at radius 1 is 1.06 bits per heavy atom. The minimum atomic E-state index is -1.13. The van der Waals surface area contributed by atoms with Crippen LogP contribution in [0, 0.1) is 20.8 Å². The van der Waals surface area contributed by atoms with Gasteiger partial charge in [-0.15, -0.1) is 0 Å². The lowest BCUT2D eigenvalue weighted by atomic mass is 9.83. The fourth-order valence-electron chi connectivity index (χ4n) is 5.36. The molecule has 0 aromatic heterocycles. The molecule has 7 nitrogen and oxygen atoms in total. The molecule has 194 valence electrons. The molecule has 0 radical (unpaired) electrons. The molecule has 1 fully saturated rings. The predicted octanol–water partition coefficient (Wildman–Crippen LogP) is 5.38. The zero-order valence-corrected chi connectivity index (χ0v) is 22.5. The van der Waals surface area contributed by atoms with Crippen LogP contribution in [0.4, 0.5) is 4.79 Å². The Labute approximate surface area is 214 Å². The van der Waals surface area contributed by atoms with Gasteiger partial charge in [0, 0.05) is 25.2 Å². The van der Waals surface area contributed by atoms with Gasteiger partial charge in [-0.25, -0.2) is 9.59 Å². The van der Waals surface area contributed by atoms with Crippen molar-refractivity contribution in [3.63, 3.8) is 0 Å². The van der Waals surface area contributed by atoms with Crippen molar-refractivity contribution in [1.82, 2.24) is 9.80 Å². The molecule has 1 N–H and O–H groups in total. The van der Waals surface area contributed by atoms with E-state index in [2.05, 4.69) is 0 Å². The molecular formula is C29H38N2O5. The molecule has 4 rings (SSSR count). The van der Waals surface area contributed by atoms with Crippen LogP contribution >= 0.6 is 0 Å². The van der Waals surface area contributed by atoms with E-state index in [1.54, 1.807) is 0 Å². The minimum absolute atomic E-state index is 0.0000352. The van der Waals surface area contributed by atoms with Crippen LogP contribution < -0.4 is 0 Å². The second-order valence-corrected chi connectivity index (χ2v) is 11.1. The first kappa shape index (κ1) is 26.2. The van der Waals surface area contributed by atoms with Crippen molar-refractivity contribution in [2.45, 2.75) is 79.3 Å². The number of hydrogen-bond acceptors (Lipinski definition) is 4. The number of ether oxygens (including phenoxy) is 2. The first-order chi connectivity index (χ1) is 16.9. The van der Waals surface area contributed by atoms with Gasteiger partial charge in [0.05, 0.1) is 24.9 Å². The number of urea groups is 1. The van der Waals surface area contributed by atoms with E-state index in [0.29, 0.717) is 38.4 Å². The van der Waals surface area contributed by atoms with Crippen LogP contribution in [0.25, 0.3) is 11.1 Å². The summed E-state index contributed by atoms with van der Waals surface area (Å²) in [6, 6.07) is 8.17. The van der Waals surface area contributed by atoms with Crippen molar-refractivity contribution >= 4 is 12.0 Å². The molecule has 2 heterocycles. The summed E-state index contributed by atoms with van der Waals surface area (Å²) in [5.41, 5.74) is 7.00. The van der Waals surface area contributed by atoms with Gasteiger partial charge in [0.1, 0.15) is 0 Å². The summed E-state index contributed by atoms with van der Waals surface area (Å²) in [7, 11) is 0. The van der Waals surface area contributed by atoms with Crippen molar-refractivity contribution in [1.29, 1.82) is 0 Å². The number of amides is 2. The minimum Gasteiger partial charge on any atom is -0.479 e. The van der Waals surface area contributed by atoms with Crippen LogP contribution in [0.15, 0.2) is 24.3 Å². The topological polar surface area (TPSA) is 79.3 Å². The van der Waals surface area contributed by atoms with Crippen LogP contribution in [0.1, 0.15) is 67.2 Å². The normalized spacial score (nSPS) is 18.8. The molecule has 0 spiro atoms. The van der Waals surface area contributed by atoms with Crippen molar-refractivity contribution < 1.29 is 24.2 Å². The van der Waals surface area contributed by atoms with Crippen LogP contribution in [0.5, 0.6) is 0 Å². The van der Waals surface area contributed by atoms with E-state index < -0.39 is 17.7 Å². The Kier molecular flexibility index (Phi) is 7.17. The number of rotatable bonds is 4. The summed E-state index contributed by atoms with van der Waals surface area (Å²) in [6.07, 6.45) is -1.13. The lowest BCUT2D eigenvalue weighted by molar-refractivity contribution is -0.160. The van der Waals surface area contributed by atoms with E-state index in [1.807, 2.05) is 82.5 Å². The number of nitrogens with zero attached hydrogens (tertiary/aromatic N) is 2. The number of carbonyl (C=O) groups is 2. The fourth-order valence-corrected chi connectivity index (χ4v) is 5.36. The smallest absolute Gasteiger partial charge is 0.337 e. The van der Waals surface area contributed by atoms with Gasteiger partial charge in [0.2, 0.25) is 0 Å². The van der Waals surface area contributed by atoms with E-state index in [-0.39, 0.29) is 12.1 Å². The summed E-state index contributed by atoms with van der Waals surface area (Å²) in [5, 5.41) is 10.3. The van der Waals surface area contributed by atoms with E-state index in [9.17, 15) is 14.7 Å². The van der Waals surface area contributed by atoms with Crippen molar-refractivity contribution in [3.05, 3.63) is 57.6 Å². The Morgan fingerprint density at radius 3 is 2.22 bits per heavy atom. The van der Waals surface area contributed by atoms with Gasteiger partial charge in [-0.1, -0.05) is 29.8 Å². The van der Waals surface area contributed by atoms with Gasteiger partial charge >= 0.3 is 12.0 Å². The number of fused-ring (bicyclic) bond motifs is 1. The molecule has 2 amide bonds. The number of carboxylic acids is 1. The van der Waals surface area contributed by atoms with Gasteiger partial charge in [-0.2, -0.15) is 0 Å². The predicted molar refractivity (Wildman–Crippen MR) is 139 cm³/mol. The molecule has 2 aliphatic rings. The third-order valence-corrected chi connectivity index (χ3v) is 7.20. The number of morpholine rings is 1. The van der Waals surface area contributed by atoms with Gasteiger partial charge in [-0.05, 0) is 81.8 Å². The van der Waals surface area contributed by atoms with Crippen LogP contribution in [-0.2, 0) is 27.4 Å². The summed E-state index contributed by atoms with van der Waals surface area (Å²) in [4.78, 5) is 29.8. The van der Waals surface area contributed by atoms with Crippen molar-refractivity contribution in [2.75, 3.05) is 19.8 Å².